The molecule has 0 amide bonds. The van der Waals surface area contributed by atoms with Gasteiger partial charge in [0.1, 0.15) is 0 Å². The van der Waals surface area contributed by atoms with E-state index in [-0.39, 0.29) is 24.0 Å². The molecular formula is C19H40IN5O. The van der Waals surface area contributed by atoms with E-state index in [1.54, 1.807) is 7.11 Å². The SMILES string of the molecule is CCCN1CCC(NC(=NC)NCC2CCN(CCOC)CC2)CC1.I. The average molecular weight is 481 g/mol. The Morgan fingerprint density at radius 1 is 1.04 bits per heavy atom. The maximum Gasteiger partial charge on any atom is 0.191 e. The molecule has 0 radical (unpaired) electrons. The second-order valence-corrected chi connectivity index (χ2v) is 7.49. The Hall–Kier alpha value is -0.120. The van der Waals surface area contributed by atoms with Crippen molar-refractivity contribution in [3.8, 4) is 0 Å². The Bertz CT molecular complexity index is 380. The lowest BCUT2D eigenvalue weighted by atomic mass is 9.97. The van der Waals surface area contributed by atoms with Gasteiger partial charge in [-0.15, -0.1) is 24.0 Å². The van der Waals surface area contributed by atoms with E-state index >= 15 is 0 Å². The minimum absolute atomic E-state index is 0. The first kappa shape index (κ1) is 23.9. The number of aliphatic imine (C=N–C) groups is 1. The molecule has 2 rings (SSSR count). The van der Waals surface area contributed by atoms with Gasteiger partial charge in [0, 0.05) is 46.4 Å². The Morgan fingerprint density at radius 2 is 1.65 bits per heavy atom. The topological polar surface area (TPSA) is 52.1 Å². The van der Waals surface area contributed by atoms with Crippen molar-refractivity contribution in [2.45, 2.75) is 45.1 Å². The summed E-state index contributed by atoms with van der Waals surface area (Å²) < 4.78 is 5.18. The van der Waals surface area contributed by atoms with Crippen LogP contribution in [0.5, 0.6) is 0 Å². The van der Waals surface area contributed by atoms with Gasteiger partial charge in [-0.25, -0.2) is 0 Å². The molecule has 0 spiro atoms. The molecule has 0 saturated carbocycles. The third-order valence-electron chi connectivity index (χ3n) is 5.57. The lowest BCUT2D eigenvalue weighted by Crippen LogP contribution is -2.50. The van der Waals surface area contributed by atoms with Crippen LogP contribution in [0.4, 0.5) is 0 Å². The number of rotatable bonds is 8. The number of nitrogens with one attached hydrogen (secondary N) is 2. The molecule has 2 heterocycles. The predicted octanol–water partition coefficient (Wildman–Crippen LogP) is 2.00. The Labute approximate surface area is 177 Å². The molecule has 2 fully saturated rings. The maximum atomic E-state index is 5.18. The molecule has 0 bridgehead atoms. The summed E-state index contributed by atoms with van der Waals surface area (Å²) in [5, 5.41) is 7.19. The average Bonchev–Trinajstić information content (AvgIpc) is 2.66. The summed E-state index contributed by atoms with van der Waals surface area (Å²) in [5.41, 5.74) is 0. The number of guanidine groups is 1. The van der Waals surface area contributed by atoms with E-state index in [4.69, 9.17) is 4.74 Å². The maximum absolute atomic E-state index is 5.18. The van der Waals surface area contributed by atoms with Gasteiger partial charge in [0.05, 0.1) is 6.61 Å². The first-order chi connectivity index (χ1) is 12.2. The zero-order valence-corrected chi connectivity index (χ0v) is 19.3. The highest BCUT2D eigenvalue weighted by molar-refractivity contribution is 14.0. The van der Waals surface area contributed by atoms with Crippen molar-refractivity contribution < 1.29 is 4.74 Å². The molecule has 26 heavy (non-hydrogen) atoms. The van der Waals surface area contributed by atoms with Crippen molar-refractivity contribution >= 4 is 29.9 Å². The van der Waals surface area contributed by atoms with Crippen LogP contribution in [0.1, 0.15) is 39.0 Å². The van der Waals surface area contributed by atoms with E-state index in [0.29, 0.717) is 6.04 Å². The van der Waals surface area contributed by atoms with Crippen LogP contribution >= 0.6 is 24.0 Å². The van der Waals surface area contributed by atoms with Crippen LogP contribution < -0.4 is 10.6 Å². The van der Waals surface area contributed by atoms with Gasteiger partial charge in [0.25, 0.3) is 0 Å². The number of hydrogen-bond donors (Lipinski definition) is 2. The summed E-state index contributed by atoms with van der Waals surface area (Å²) in [7, 11) is 3.66. The van der Waals surface area contributed by atoms with Crippen LogP contribution in [0.15, 0.2) is 4.99 Å². The molecule has 0 aromatic rings. The van der Waals surface area contributed by atoms with Gasteiger partial charge in [0.15, 0.2) is 5.96 Å². The van der Waals surface area contributed by atoms with Crippen molar-refractivity contribution in [1.82, 2.24) is 20.4 Å². The minimum Gasteiger partial charge on any atom is -0.383 e. The number of nitrogens with zero attached hydrogens (tertiary/aromatic N) is 3. The van der Waals surface area contributed by atoms with Crippen molar-refractivity contribution in [2.24, 2.45) is 10.9 Å². The number of ether oxygens (including phenoxy) is 1. The van der Waals surface area contributed by atoms with Gasteiger partial charge in [-0.3, -0.25) is 4.99 Å². The number of methoxy groups -OCH3 is 1. The Balaban J connectivity index is 0.00000338. The lowest BCUT2D eigenvalue weighted by molar-refractivity contribution is 0.120. The standard InChI is InChI=1S/C19H39N5O.HI/c1-4-9-23-12-7-18(8-13-23)22-19(20-2)21-16-17-5-10-24(11-6-17)14-15-25-3;/h17-18H,4-16H2,1-3H3,(H2,20,21,22);1H. The molecule has 0 aliphatic carbocycles. The van der Waals surface area contributed by atoms with E-state index in [1.165, 1.54) is 64.8 Å². The molecule has 2 aliphatic heterocycles. The van der Waals surface area contributed by atoms with E-state index in [2.05, 4.69) is 32.3 Å². The molecular weight excluding hydrogens is 441 g/mol. The van der Waals surface area contributed by atoms with Gasteiger partial charge >= 0.3 is 0 Å². The molecule has 154 valence electrons. The number of piperidine rings is 2. The van der Waals surface area contributed by atoms with Crippen molar-refractivity contribution in [3.05, 3.63) is 0 Å². The molecule has 2 saturated heterocycles. The first-order valence-electron chi connectivity index (χ1n) is 10.2. The first-order valence-corrected chi connectivity index (χ1v) is 10.2. The zero-order valence-electron chi connectivity index (χ0n) is 17.0. The van der Waals surface area contributed by atoms with Crippen molar-refractivity contribution in [3.63, 3.8) is 0 Å². The largest absolute Gasteiger partial charge is 0.383 e. The minimum atomic E-state index is 0. The van der Waals surface area contributed by atoms with Gasteiger partial charge in [-0.2, -0.15) is 0 Å². The van der Waals surface area contributed by atoms with Crippen LogP contribution in [0.25, 0.3) is 0 Å². The highest BCUT2D eigenvalue weighted by Gasteiger charge is 2.21. The fourth-order valence-corrected chi connectivity index (χ4v) is 3.88. The Morgan fingerprint density at radius 3 is 2.23 bits per heavy atom. The monoisotopic (exact) mass is 481 g/mol. The quantitative estimate of drug-likeness (QED) is 0.316. The van der Waals surface area contributed by atoms with Crippen LogP contribution in [-0.4, -0.2) is 88.4 Å². The normalized spacial score (nSPS) is 21.4. The predicted molar refractivity (Wildman–Crippen MR) is 121 cm³/mol. The van der Waals surface area contributed by atoms with Crippen molar-refractivity contribution in [2.75, 3.05) is 66.6 Å². The van der Waals surface area contributed by atoms with Crippen LogP contribution in [0.3, 0.4) is 0 Å². The van der Waals surface area contributed by atoms with E-state index in [9.17, 15) is 0 Å². The van der Waals surface area contributed by atoms with E-state index in [0.717, 1.165) is 31.6 Å². The molecule has 0 aromatic carbocycles. The summed E-state index contributed by atoms with van der Waals surface area (Å²) in [4.78, 5) is 9.52. The number of halogens is 1. The summed E-state index contributed by atoms with van der Waals surface area (Å²) in [6, 6.07) is 0.565. The molecule has 0 atom stereocenters. The molecule has 2 aliphatic rings. The highest BCUT2D eigenvalue weighted by Crippen LogP contribution is 2.16. The second-order valence-electron chi connectivity index (χ2n) is 7.49. The van der Waals surface area contributed by atoms with Crippen LogP contribution in [0, 0.1) is 5.92 Å². The van der Waals surface area contributed by atoms with Gasteiger partial charge < -0.3 is 25.2 Å². The lowest BCUT2D eigenvalue weighted by Gasteiger charge is -2.34. The molecule has 6 nitrogen and oxygen atoms in total. The van der Waals surface area contributed by atoms with Crippen LogP contribution in [-0.2, 0) is 4.74 Å². The molecule has 0 aromatic heterocycles. The Kier molecular flexibility index (Phi) is 12.8. The van der Waals surface area contributed by atoms with Crippen molar-refractivity contribution in [1.29, 1.82) is 0 Å². The summed E-state index contributed by atoms with van der Waals surface area (Å²) >= 11 is 0. The summed E-state index contributed by atoms with van der Waals surface area (Å²) in [6.07, 6.45) is 6.23. The number of likely N-dealkylation sites (tertiary alicyclic amines) is 2. The fourth-order valence-electron chi connectivity index (χ4n) is 3.88. The number of hydrogen-bond acceptors (Lipinski definition) is 4. The van der Waals surface area contributed by atoms with E-state index < -0.39 is 0 Å². The highest BCUT2D eigenvalue weighted by atomic mass is 127. The zero-order chi connectivity index (χ0) is 17.9. The van der Waals surface area contributed by atoms with Gasteiger partial charge in [-0.1, -0.05) is 6.92 Å². The van der Waals surface area contributed by atoms with Gasteiger partial charge in [0.2, 0.25) is 0 Å². The summed E-state index contributed by atoms with van der Waals surface area (Å²) in [6.45, 7) is 11.3. The van der Waals surface area contributed by atoms with Crippen LogP contribution in [0.2, 0.25) is 0 Å². The fraction of sp³-hybridized carbons (Fsp3) is 0.947. The molecule has 7 heteroatoms. The molecule has 2 N–H and O–H groups in total. The second kappa shape index (κ2) is 14.0. The smallest absolute Gasteiger partial charge is 0.191 e. The van der Waals surface area contributed by atoms with E-state index in [1.807, 2.05) is 7.05 Å². The third kappa shape index (κ3) is 8.71. The summed E-state index contributed by atoms with van der Waals surface area (Å²) in [5.74, 6) is 1.74. The third-order valence-corrected chi connectivity index (χ3v) is 5.57. The molecule has 0 unspecified atom stereocenters. The van der Waals surface area contributed by atoms with Gasteiger partial charge in [-0.05, 0) is 57.7 Å².